The third-order valence-electron chi connectivity index (χ3n) is 2.27. The molecule has 6 heteroatoms. The Morgan fingerprint density at radius 1 is 1.11 bits per heavy atom. The Labute approximate surface area is 113 Å². The van der Waals surface area contributed by atoms with Crippen LogP contribution in [-0.2, 0) is 11.2 Å². The standard InChI is InChI=1S/C12H8Cl2N2O2/c13-10-8(6-9(17)18)11(14)16-12(15-10)7-4-2-1-3-5-7/h1-5H,6H2,(H,17,18). The summed E-state index contributed by atoms with van der Waals surface area (Å²) in [7, 11) is 0. The van der Waals surface area contributed by atoms with E-state index in [0.717, 1.165) is 5.56 Å². The van der Waals surface area contributed by atoms with Crippen LogP contribution in [0.5, 0.6) is 0 Å². The number of halogens is 2. The largest absolute Gasteiger partial charge is 0.481 e. The third kappa shape index (κ3) is 2.78. The minimum absolute atomic E-state index is 0.0660. The van der Waals surface area contributed by atoms with Crippen molar-refractivity contribution in [3.8, 4) is 11.4 Å². The van der Waals surface area contributed by atoms with E-state index in [2.05, 4.69) is 9.97 Å². The Hall–Kier alpha value is -1.65. The normalized spacial score (nSPS) is 10.3. The maximum atomic E-state index is 10.7. The number of benzene rings is 1. The van der Waals surface area contributed by atoms with Gasteiger partial charge in [0.1, 0.15) is 10.3 Å². The van der Waals surface area contributed by atoms with E-state index in [9.17, 15) is 4.79 Å². The molecule has 0 saturated heterocycles. The molecular weight excluding hydrogens is 275 g/mol. The summed E-state index contributed by atoms with van der Waals surface area (Å²) < 4.78 is 0. The molecule has 2 aromatic rings. The number of carboxylic acid groups (broad SMARTS) is 1. The number of hydrogen-bond donors (Lipinski definition) is 1. The van der Waals surface area contributed by atoms with Crippen molar-refractivity contribution in [2.45, 2.75) is 6.42 Å². The van der Waals surface area contributed by atoms with Crippen LogP contribution in [0.2, 0.25) is 10.3 Å². The van der Waals surface area contributed by atoms with Gasteiger partial charge in [-0.2, -0.15) is 0 Å². The van der Waals surface area contributed by atoms with E-state index >= 15 is 0 Å². The third-order valence-corrected chi connectivity index (χ3v) is 2.89. The van der Waals surface area contributed by atoms with E-state index in [1.807, 2.05) is 30.3 Å². The van der Waals surface area contributed by atoms with Crippen LogP contribution in [0.3, 0.4) is 0 Å². The molecule has 0 aliphatic carbocycles. The van der Waals surface area contributed by atoms with Gasteiger partial charge in [0, 0.05) is 11.1 Å². The first-order chi connectivity index (χ1) is 8.58. The number of nitrogens with zero attached hydrogens (tertiary/aromatic N) is 2. The summed E-state index contributed by atoms with van der Waals surface area (Å²) in [5, 5.41) is 8.86. The highest BCUT2D eigenvalue weighted by molar-refractivity contribution is 6.35. The van der Waals surface area contributed by atoms with Crippen LogP contribution >= 0.6 is 23.2 Å². The van der Waals surface area contributed by atoms with Gasteiger partial charge >= 0.3 is 5.97 Å². The fraction of sp³-hybridized carbons (Fsp3) is 0.0833. The van der Waals surface area contributed by atoms with Gasteiger partial charge < -0.3 is 5.11 Å². The summed E-state index contributed by atoms with van der Waals surface area (Å²) in [5.74, 6) is -0.658. The Kier molecular flexibility index (Phi) is 3.79. The molecule has 0 aliphatic heterocycles. The highest BCUT2D eigenvalue weighted by Crippen LogP contribution is 2.25. The highest BCUT2D eigenvalue weighted by Gasteiger charge is 2.15. The zero-order valence-corrected chi connectivity index (χ0v) is 10.6. The first-order valence-corrected chi connectivity index (χ1v) is 5.82. The van der Waals surface area contributed by atoms with Crippen molar-refractivity contribution in [1.29, 1.82) is 0 Å². The van der Waals surface area contributed by atoms with Gasteiger partial charge in [-0.15, -0.1) is 0 Å². The monoisotopic (exact) mass is 282 g/mol. The summed E-state index contributed by atoms with van der Waals surface area (Å²) in [5.41, 5.74) is 0.994. The van der Waals surface area contributed by atoms with Crippen molar-refractivity contribution >= 4 is 29.2 Å². The molecule has 1 aromatic carbocycles. The molecule has 0 atom stereocenters. The Bertz CT molecular complexity index is 565. The fourth-order valence-electron chi connectivity index (χ4n) is 1.44. The fourth-order valence-corrected chi connectivity index (χ4v) is 1.97. The molecule has 2 rings (SSSR count). The van der Waals surface area contributed by atoms with Gasteiger partial charge in [-0.3, -0.25) is 4.79 Å². The van der Waals surface area contributed by atoms with Crippen LogP contribution in [0.25, 0.3) is 11.4 Å². The molecular formula is C12H8Cl2N2O2. The van der Waals surface area contributed by atoms with Gasteiger partial charge in [-0.25, -0.2) is 9.97 Å². The second kappa shape index (κ2) is 5.33. The van der Waals surface area contributed by atoms with Gasteiger partial charge in [0.2, 0.25) is 0 Å². The quantitative estimate of drug-likeness (QED) is 0.879. The molecule has 0 fully saturated rings. The minimum atomic E-state index is -1.03. The molecule has 92 valence electrons. The molecule has 0 spiro atoms. The molecule has 0 bridgehead atoms. The number of rotatable bonds is 3. The lowest BCUT2D eigenvalue weighted by atomic mass is 10.2. The summed E-state index contributed by atoms with van der Waals surface area (Å²) >= 11 is 11.9. The Morgan fingerprint density at radius 2 is 1.67 bits per heavy atom. The van der Waals surface area contributed by atoms with Gasteiger partial charge in [0.05, 0.1) is 6.42 Å². The van der Waals surface area contributed by atoms with Crippen LogP contribution in [-0.4, -0.2) is 21.0 Å². The summed E-state index contributed by atoms with van der Waals surface area (Å²) in [6.45, 7) is 0. The SMILES string of the molecule is O=C(O)Cc1c(Cl)nc(-c2ccccc2)nc1Cl. The van der Waals surface area contributed by atoms with E-state index in [4.69, 9.17) is 28.3 Å². The molecule has 1 aromatic heterocycles. The smallest absolute Gasteiger partial charge is 0.308 e. The van der Waals surface area contributed by atoms with Crippen molar-refractivity contribution in [3.63, 3.8) is 0 Å². The number of aliphatic carboxylic acids is 1. The summed E-state index contributed by atoms with van der Waals surface area (Å²) in [6.07, 6.45) is -0.299. The molecule has 18 heavy (non-hydrogen) atoms. The second-order valence-electron chi connectivity index (χ2n) is 3.54. The van der Waals surface area contributed by atoms with E-state index in [1.165, 1.54) is 0 Å². The molecule has 0 saturated carbocycles. The predicted molar refractivity (Wildman–Crippen MR) is 68.8 cm³/mol. The van der Waals surface area contributed by atoms with E-state index < -0.39 is 5.97 Å². The lowest BCUT2D eigenvalue weighted by Crippen LogP contribution is -2.05. The Morgan fingerprint density at radius 3 is 2.17 bits per heavy atom. The average molecular weight is 283 g/mol. The van der Waals surface area contributed by atoms with E-state index in [0.29, 0.717) is 5.82 Å². The molecule has 0 unspecified atom stereocenters. The maximum absolute atomic E-state index is 10.7. The first kappa shape index (κ1) is 12.8. The van der Waals surface area contributed by atoms with Crippen LogP contribution < -0.4 is 0 Å². The molecule has 0 aliphatic rings. The van der Waals surface area contributed by atoms with Crippen molar-refractivity contribution in [3.05, 3.63) is 46.2 Å². The number of carbonyl (C=O) groups is 1. The zero-order chi connectivity index (χ0) is 13.1. The molecule has 1 N–H and O–H groups in total. The van der Waals surface area contributed by atoms with Crippen LogP contribution in [0.4, 0.5) is 0 Å². The predicted octanol–water partition coefficient (Wildman–Crippen LogP) is 3.08. The van der Waals surface area contributed by atoms with Gasteiger partial charge in [-0.05, 0) is 0 Å². The minimum Gasteiger partial charge on any atom is -0.481 e. The lowest BCUT2D eigenvalue weighted by molar-refractivity contribution is -0.136. The van der Waals surface area contributed by atoms with E-state index in [-0.39, 0.29) is 22.3 Å². The highest BCUT2D eigenvalue weighted by atomic mass is 35.5. The van der Waals surface area contributed by atoms with E-state index in [1.54, 1.807) is 0 Å². The topological polar surface area (TPSA) is 63.1 Å². The van der Waals surface area contributed by atoms with Crippen LogP contribution in [0.15, 0.2) is 30.3 Å². The van der Waals surface area contributed by atoms with Crippen molar-refractivity contribution in [1.82, 2.24) is 9.97 Å². The van der Waals surface area contributed by atoms with Crippen molar-refractivity contribution in [2.75, 3.05) is 0 Å². The van der Waals surface area contributed by atoms with Crippen molar-refractivity contribution < 1.29 is 9.90 Å². The first-order valence-electron chi connectivity index (χ1n) is 5.07. The molecule has 4 nitrogen and oxygen atoms in total. The molecule has 0 radical (unpaired) electrons. The van der Waals surface area contributed by atoms with Gasteiger partial charge in [-0.1, -0.05) is 53.5 Å². The molecule has 1 heterocycles. The Balaban J connectivity index is 2.46. The lowest BCUT2D eigenvalue weighted by Gasteiger charge is -2.06. The second-order valence-corrected chi connectivity index (χ2v) is 4.26. The summed E-state index contributed by atoms with van der Waals surface area (Å²) in [6, 6.07) is 9.18. The van der Waals surface area contributed by atoms with Gasteiger partial charge in [0.25, 0.3) is 0 Å². The average Bonchev–Trinajstić information content (AvgIpc) is 2.34. The van der Waals surface area contributed by atoms with Crippen LogP contribution in [0, 0.1) is 0 Å². The molecule has 0 amide bonds. The van der Waals surface area contributed by atoms with Crippen molar-refractivity contribution in [2.24, 2.45) is 0 Å². The van der Waals surface area contributed by atoms with Gasteiger partial charge in [0.15, 0.2) is 5.82 Å². The number of hydrogen-bond acceptors (Lipinski definition) is 3. The van der Waals surface area contributed by atoms with Crippen LogP contribution in [0.1, 0.15) is 5.56 Å². The number of aromatic nitrogens is 2. The zero-order valence-electron chi connectivity index (χ0n) is 9.10. The maximum Gasteiger partial charge on any atom is 0.308 e. The number of carboxylic acids is 1. The summed E-state index contributed by atoms with van der Waals surface area (Å²) in [4.78, 5) is 18.8.